The third kappa shape index (κ3) is 1.58. The predicted octanol–water partition coefficient (Wildman–Crippen LogP) is 2.09. The zero-order valence-corrected chi connectivity index (χ0v) is 7.92. The van der Waals surface area contributed by atoms with Gasteiger partial charge in [0.15, 0.2) is 5.78 Å². The summed E-state index contributed by atoms with van der Waals surface area (Å²) in [5.41, 5.74) is 1.73. The van der Waals surface area contributed by atoms with Crippen LogP contribution in [-0.2, 0) is 4.79 Å². The maximum Gasteiger partial charge on any atom is 0.165 e. The molecule has 0 aliphatic carbocycles. The highest BCUT2D eigenvalue weighted by Crippen LogP contribution is 2.21. The first kappa shape index (κ1) is 9.04. The second-order valence-electron chi connectivity index (χ2n) is 3.48. The molecule has 1 heterocycles. The van der Waals surface area contributed by atoms with Crippen LogP contribution >= 0.6 is 0 Å². The van der Waals surface area contributed by atoms with E-state index in [9.17, 15) is 4.79 Å². The van der Waals surface area contributed by atoms with Crippen molar-refractivity contribution in [2.24, 2.45) is 0 Å². The SMILES string of the molecule is C=C1CC(=O)C(C)=CN1C(C)C. The summed E-state index contributed by atoms with van der Waals surface area (Å²) >= 11 is 0. The minimum atomic E-state index is 0.192. The van der Waals surface area contributed by atoms with E-state index < -0.39 is 0 Å². The van der Waals surface area contributed by atoms with Crippen molar-refractivity contribution in [1.82, 2.24) is 4.90 Å². The molecule has 1 aliphatic rings. The van der Waals surface area contributed by atoms with Crippen molar-refractivity contribution >= 4 is 5.78 Å². The molecule has 66 valence electrons. The lowest BCUT2D eigenvalue weighted by molar-refractivity contribution is -0.115. The second-order valence-corrected chi connectivity index (χ2v) is 3.48. The van der Waals surface area contributed by atoms with Gasteiger partial charge in [0.1, 0.15) is 0 Å². The molecule has 0 aromatic heterocycles. The van der Waals surface area contributed by atoms with Crippen LogP contribution in [0.15, 0.2) is 24.0 Å². The minimum absolute atomic E-state index is 0.192. The molecule has 0 aromatic carbocycles. The van der Waals surface area contributed by atoms with Gasteiger partial charge in [0.25, 0.3) is 0 Å². The van der Waals surface area contributed by atoms with Gasteiger partial charge in [0, 0.05) is 23.5 Å². The van der Waals surface area contributed by atoms with Crippen LogP contribution in [-0.4, -0.2) is 16.7 Å². The van der Waals surface area contributed by atoms with Gasteiger partial charge in [0.05, 0.1) is 6.42 Å². The molecule has 0 radical (unpaired) electrons. The minimum Gasteiger partial charge on any atom is -0.349 e. The van der Waals surface area contributed by atoms with Crippen molar-refractivity contribution in [2.75, 3.05) is 0 Å². The largest absolute Gasteiger partial charge is 0.349 e. The molecule has 2 nitrogen and oxygen atoms in total. The van der Waals surface area contributed by atoms with Gasteiger partial charge in [-0.3, -0.25) is 4.79 Å². The summed E-state index contributed by atoms with van der Waals surface area (Å²) in [4.78, 5) is 13.3. The molecule has 0 unspecified atom stereocenters. The molecule has 0 atom stereocenters. The van der Waals surface area contributed by atoms with Crippen molar-refractivity contribution in [2.45, 2.75) is 33.2 Å². The normalized spacial score (nSPS) is 18.7. The summed E-state index contributed by atoms with van der Waals surface area (Å²) in [5, 5.41) is 0. The number of ketones is 1. The van der Waals surface area contributed by atoms with Gasteiger partial charge >= 0.3 is 0 Å². The monoisotopic (exact) mass is 165 g/mol. The van der Waals surface area contributed by atoms with Gasteiger partial charge in [-0.05, 0) is 20.8 Å². The average Bonchev–Trinajstić information content (AvgIpc) is 1.96. The van der Waals surface area contributed by atoms with Crippen molar-refractivity contribution in [1.29, 1.82) is 0 Å². The van der Waals surface area contributed by atoms with E-state index in [0.717, 1.165) is 11.3 Å². The fourth-order valence-corrected chi connectivity index (χ4v) is 1.30. The van der Waals surface area contributed by atoms with E-state index in [4.69, 9.17) is 0 Å². The Morgan fingerprint density at radius 3 is 2.67 bits per heavy atom. The summed E-state index contributed by atoms with van der Waals surface area (Å²) in [5.74, 6) is 0.192. The van der Waals surface area contributed by atoms with Crippen LogP contribution < -0.4 is 0 Å². The molecule has 0 bridgehead atoms. The zero-order valence-electron chi connectivity index (χ0n) is 7.92. The van der Waals surface area contributed by atoms with Crippen LogP contribution in [0.2, 0.25) is 0 Å². The molecular formula is C10H15NO. The highest BCUT2D eigenvalue weighted by molar-refractivity contribution is 5.97. The summed E-state index contributed by atoms with van der Waals surface area (Å²) < 4.78 is 0. The molecule has 0 saturated heterocycles. The first-order chi connectivity index (χ1) is 5.52. The van der Waals surface area contributed by atoms with Gasteiger partial charge in [-0.25, -0.2) is 0 Å². The molecular weight excluding hydrogens is 150 g/mol. The first-order valence-electron chi connectivity index (χ1n) is 4.20. The number of hydrogen-bond acceptors (Lipinski definition) is 2. The fourth-order valence-electron chi connectivity index (χ4n) is 1.30. The molecule has 0 amide bonds. The van der Waals surface area contributed by atoms with Crippen LogP contribution in [0.4, 0.5) is 0 Å². The molecule has 12 heavy (non-hydrogen) atoms. The predicted molar refractivity (Wildman–Crippen MR) is 49.5 cm³/mol. The van der Waals surface area contributed by atoms with Crippen molar-refractivity contribution in [3.8, 4) is 0 Å². The van der Waals surface area contributed by atoms with Gasteiger partial charge in [-0.1, -0.05) is 6.58 Å². The molecule has 2 heteroatoms. The first-order valence-corrected chi connectivity index (χ1v) is 4.20. The maximum absolute atomic E-state index is 11.2. The highest BCUT2D eigenvalue weighted by Gasteiger charge is 2.19. The number of nitrogens with zero attached hydrogens (tertiary/aromatic N) is 1. The van der Waals surface area contributed by atoms with Gasteiger partial charge in [-0.2, -0.15) is 0 Å². The Kier molecular flexibility index (Phi) is 2.36. The van der Waals surface area contributed by atoms with Crippen LogP contribution in [0.25, 0.3) is 0 Å². The number of carbonyl (C=O) groups is 1. The summed E-state index contributed by atoms with van der Waals surface area (Å²) in [7, 11) is 0. The van der Waals surface area contributed by atoms with E-state index in [2.05, 4.69) is 25.3 Å². The number of hydrogen-bond donors (Lipinski definition) is 0. The van der Waals surface area contributed by atoms with E-state index in [-0.39, 0.29) is 5.78 Å². The Balaban J connectivity index is 2.90. The molecule has 0 spiro atoms. The third-order valence-electron chi connectivity index (χ3n) is 2.06. The molecule has 0 aromatic rings. The quantitative estimate of drug-likeness (QED) is 0.593. The van der Waals surface area contributed by atoms with Gasteiger partial charge in [0.2, 0.25) is 0 Å². The lowest BCUT2D eigenvalue weighted by atomic mass is 10.0. The van der Waals surface area contributed by atoms with Gasteiger partial charge in [-0.15, -0.1) is 0 Å². The molecule has 0 saturated carbocycles. The Hall–Kier alpha value is -1.05. The highest BCUT2D eigenvalue weighted by atomic mass is 16.1. The number of rotatable bonds is 1. The second kappa shape index (κ2) is 3.13. The molecule has 1 rings (SSSR count). The fraction of sp³-hybridized carbons (Fsp3) is 0.500. The van der Waals surface area contributed by atoms with Crippen molar-refractivity contribution < 1.29 is 4.79 Å². The van der Waals surface area contributed by atoms with Crippen molar-refractivity contribution in [3.63, 3.8) is 0 Å². The summed E-state index contributed by atoms with van der Waals surface area (Å²) in [6, 6.07) is 0.389. The van der Waals surface area contributed by atoms with Crippen LogP contribution in [0.1, 0.15) is 27.2 Å². The van der Waals surface area contributed by atoms with Crippen molar-refractivity contribution in [3.05, 3.63) is 24.0 Å². The van der Waals surface area contributed by atoms with Crippen LogP contribution in [0.3, 0.4) is 0 Å². The number of Topliss-reactive ketones (excluding diaryl/α,β-unsaturated/α-hetero) is 1. The van der Waals surface area contributed by atoms with E-state index >= 15 is 0 Å². The Morgan fingerprint density at radius 1 is 1.58 bits per heavy atom. The lowest BCUT2D eigenvalue weighted by Gasteiger charge is -2.30. The van der Waals surface area contributed by atoms with Crippen LogP contribution in [0, 0.1) is 0 Å². The number of allylic oxidation sites excluding steroid dienone is 2. The van der Waals surface area contributed by atoms with E-state index in [1.807, 2.05) is 13.1 Å². The summed E-state index contributed by atoms with van der Waals surface area (Å²) in [6.07, 6.45) is 2.36. The Morgan fingerprint density at radius 2 is 2.17 bits per heavy atom. The van der Waals surface area contributed by atoms with Crippen LogP contribution in [0.5, 0.6) is 0 Å². The Labute approximate surface area is 73.6 Å². The maximum atomic E-state index is 11.2. The van der Waals surface area contributed by atoms with E-state index in [0.29, 0.717) is 12.5 Å². The third-order valence-corrected chi connectivity index (χ3v) is 2.06. The topological polar surface area (TPSA) is 20.3 Å². The lowest BCUT2D eigenvalue weighted by Crippen LogP contribution is -2.30. The van der Waals surface area contributed by atoms with Gasteiger partial charge < -0.3 is 4.90 Å². The summed E-state index contributed by atoms with van der Waals surface area (Å²) in [6.45, 7) is 9.89. The van der Waals surface area contributed by atoms with E-state index in [1.54, 1.807) is 0 Å². The smallest absolute Gasteiger partial charge is 0.165 e. The standard InChI is InChI=1S/C10H15NO/c1-7(2)11-6-8(3)10(12)5-9(11)4/h6-7H,4-5H2,1-3H3. The average molecular weight is 165 g/mol. The number of carbonyl (C=O) groups excluding carboxylic acids is 1. The van der Waals surface area contributed by atoms with E-state index in [1.165, 1.54) is 0 Å². The Bertz CT molecular complexity index is 251. The molecule has 1 aliphatic heterocycles. The molecule has 0 fully saturated rings. The zero-order chi connectivity index (χ0) is 9.30. The molecule has 0 N–H and O–H groups in total.